The fraction of sp³-hybridized carbons (Fsp3) is 1.00. The molecular formula is C14H29NO2. The van der Waals surface area contributed by atoms with Gasteiger partial charge in [-0.05, 0) is 25.3 Å². The Labute approximate surface area is 106 Å². The highest BCUT2D eigenvalue weighted by atomic mass is 16.5. The van der Waals surface area contributed by atoms with E-state index in [0.29, 0.717) is 19.3 Å². The van der Waals surface area contributed by atoms with Gasteiger partial charge in [0.1, 0.15) is 0 Å². The summed E-state index contributed by atoms with van der Waals surface area (Å²) in [5, 5.41) is 13.1. The lowest BCUT2D eigenvalue weighted by atomic mass is 10.0. The summed E-state index contributed by atoms with van der Waals surface area (Å²) in [5.74, 6) is 0.734. The van der Waals surface area contributed by atoms with Crippen molar-refractivity contribution in [3.63, 3.8) is 0 Å². The second kappa shape index (κ2) is 8.90. The molecule has 1 atom stereocenters. The van der Waals surface area contributed by atoms with E-state index < -0.39 is 0 Å². The minimum atomic E-state index is -0.357. The molecular weight excluding hydrogens is 214 g/mol. The smallest absolute Gasteiger partial charge is 0.0897 e. The maximum Gasteiger partial charge on any atom is 0.0897 e. The number of aliphatic hydroxyl groups excluding tert-OH is 1. The van der Waals surface area contributed by atoms with Crippen molar-refractivity contribution in [1.29, 1.82) is 0 Å². The van der Waals surface area contributed by atoms with Crippen LogP contribution in [0.4, 0.5) is 0 Å². The average Bonchev–Trinajstić information content (AvgIpc) is 2.85. The van der Waals surface area contributed by atoms with E-state index in [4.69, 9.17) is 4.74 Å². The van der Waals surface area contributed by atoms with Crippen LogP contribution in [0.3, 0.4) is 0 Å². The summed E-state index contributed by atoms with van der Waals surface area (Å²) in [6, 6.07) is 0. The normalized spacial score (nSPS) is 19.1. The van der Waals surface area contributed by atoms with Gasteiger partial charge < -0.3 is 15.2 Å². The number of nitrogens with one attached hydrogen (secondary N) is 1. The lowest BCUT2D eigenvalue weighted by molar-refractivity contribution is -0.00563. The molecule has 2 N–H and O–H groups in total. The van der Waals surface area contributed by atoms with Gasteiger partial charge in [-0.25, -0.2) is 0 Å². The fourth-order valence-corrected chi connectivity index (χ4v) is 2.39. The van der Waals surface area contributed by atoms with Crippen molar-refractivity contribution in [3.05, 3.63) is 0 Å². The Bertz CT molecular complexity index is 177. The summed E-state index contributed by atoms with van der Waals surface area (Å²) in [6.07, 6.45) is 7.38. The first-order chi connectivity index (χ1) is 8.26. The molecule has 1 fully saturated rings. The molecule has 0 bridgehead atoms. The van der Waals surface area contributed by atoms with Gasteiger partial charge in [0.05, 0.1) is 18.8 Å². The Kier molecular flexibility index (Phi) is 7.82. The molecule has 3 heteroatoms. The lowest BCUT2D eigenvalue weighted by Gasteiger charge is -2.18. The Morgan fingerprint density at radius 1 is 1.18 bits per heavy atom. The van der Waals surface area contributed by atoms with Crippen LogP contribution in [-0.2, 0) is 4.74 Å². The molecule has 1 unspecified atom stereocenters. The highest BCUT2D eigenvalue weighted by molar-refractivity contribution is 4.69. The van der Waals surface area contributed by atoms with Gasteiger partial charge in [-0.1, -0.05) is 39.5 Å². The van der Waals surface area contributed by atoms with E-state index in [1.807, 2.05) is 0 Å². The first-order valence-corrected chi connectivity index (χ1v) is 7.26. The van der Waals surface area contributed by atoms with E-state index >= 15 is 0 Å². The van der Waals surface area contributed by atoms with Crippen LogP contribution >= 0.6 is 0 Å². The van der Waals surface area contributed by atoms with E-state index in [2.05, 4.69) is 19.2 Å². The summed E-state index contributed by atoms with van der Waals surface area (Å²) in [7, 11) is 0. The third kappa shape index (κ3) is 6.39. The third-order valence-electron chi connectivity index (χ3n) is 3.79. The number of hydrogen-bond acceptors (Lipinski definition) is 3. The van der Waals surface area contributed by atoms with E-state index in [9.17, 15) is 5.11 Å². The summed E-state index contributed by atoms with van der Waals surface area (Å²) < 4.78 is 5.68. The number of aliphatic hydroxyl groups is 1. The minimum absolute atomic E-state index is 0.357. The molecule has 3 nitrogen and oxygen atoms in total. The van der Waals surface area contributed by atoms with Gasteiger partial charge >= 0.3 is 0 Å². The van der Waals surface area contributed by atoms with Crippen LogP contribution in [0.5, 0.6) is 0 Å². The topological polar surface area (TPSA) is 41.5 Å². The Morgan fingerprint density at radius 3 is 2.41 bits per heavy atom. The van der Waals surface area contributed by atoms with Crippen LogP contribution in [-0.4, -0.2) is 37.0 Å². The van der Waals surface area contributed by atoms with Crippen molar-refractivity contribution in [1.82, 2.24) is 5.32 Å². The van der Waals surface area contributed by atoms with Crippen LogP contribution < -0.4 is 5.32 Å². The summed E-state index contributed by atoms with van der Waals surface area (Å²) in [6.45, 7) is 6.59. The molecule has 0 spiro atoms. The van der Waals surface area contributed by atoms with Gasteiger partial charge in [-0.2, -0.15) is 0 Å². The molecule has 17 heavy (non-hydrogen) atoms. The van der Waals surface area contributed by atoms with Gasteiger partial charge in [0.25, 0.3) is 0 Å². The summed E-state index contributed by atoms with van der Waals surface area (Å²) in [4.78, 5) is 0. The van der Waals surface area contributed by atoms with Crippen molar-refractivity contribution in [2.24, 2.45) is 5.92 Å². The van der Waals surface area contributed by atoms with Crippen LogP contribution in [0.2, 0.25) is 0 Å². The van der Waals surface area contributed by atoms with Gasteiger partial charge in [0.15, 0.2) is 0 Å². The van der Waals surface area contributed by atoms with Gasteiger partial charge in [-0.15, -0.1) is 0 Å². The van der Waals surface area contributed by atoms with Gasteiger partial charge in [0, 0.05) is 6.54 Å². The summed E-state index contributed by atoms with van der Waals surface area (Å²) >= 11 is 0. The zero-order valence-electron chi connectivity index (χ0n) is 11.5. The van der Waals surface area contributed by atoms with Gasteiger partial charge in [-0.3, -0.25) is 0 Å². The molecule has 1 aliphatic carbocycles. The zero-order chi connectivity index (χ0) is 12.5. The molecule has 102 valence electrons. The third-order valence-corrected chi connectivity index (χ3v) is 3.79. The van der Waals surface area contributed by atoms with E-state index in [1.165, 1.54) is 38.5 Å². The molecule has 1 rings (SSSR count). The minimum Gasteiger partial charge on any atom is -0.389 e. The molecule has 1 saturated carbocycles. The molecule has 0 aromatic carbocycles. The maximum absolute atomic E-state index is 9.78. The van der Waals surface area contributed by atoms with Crippen molar-refractivity contribution < 1.29 is 9.84 Å². The van der Waals surface area contributed by atoms with Gasteiger partial charge in [0.2, 0.25) is 0 Å². The number of ether oxygens (including phenoxy) is 1. The quantitative estimate of drug-likeness (QED) is 0.653. The summed E-state index contributed by atoms with van der Waals surface area (Å²) in [5.41, 5.74) is 0. The van der Waals surface area contributed by atoms with Crippen molar-refractivity contribution in [2.75, 3.05) is 19.7 Å². The number of hydrogen-bond donors (Lipinski definition) is 2. The Morgan fingerprint density at radius 2 is 1.82 bits per heavy atom. The van der Waals surface area contributed by atoms with E-state index in [-0.39, 0.29) is 6.10 Å². The van der Waals surface area contributed by atoms with Crippen LogP contribution in [0.15, 0.2) is 0 Å². The predicted molar refractivity (Wildman–Crippen MR) is 71.2 cm³/mol. The van der Waals surface area contributed by atoms with Crippen molar-refractivity contribution in [2.45, 2.75) is 64.6 Å². The van der Waals surface area contributed by atoms with Crippen molar-refractivity contribution >= 4 is 0 Å². The van der Waals surface area contributed by atoms with Crippen LogP contribution in [0.25, 0.3) is 0 Å². The van der Waals surface area contributed by atoms with E-state index in [0.717, 1.165) is 12.5 Å². The molecule has 0 aromatic heterocycles. The first kappa shape index (κ1) is 14.9. The first-order valence-electron chi connectivity index (χ1n) is 7.26. The monoisotopic (exact) mass is 243 g/mol. The number of rotatable bonds is 9. The maximum atomic E-state index is 9.78. The molecule has 0 aliphatic heterocycles. The molecule has 0 heterocycles. The molecule has 0 radical (unpaired) electrons. The zero-order valence-corrected chi connectivity index (χ0v) is 11.5. The fourth-order valence-electron chi connectivity index (χ4n) is 2.39. The van der Waals surface area contributed by atoms with Crippen molar-refractivity contribution in [3.8, 4) is 0 Å². The van der Waals surface area contributed by atoms with Crippen LogP contribution in [0.1, 0.15) is 52.4 Å². The lowest BCUT2D eigenvalue weighted by Crippen LogP contribution is -2.34. The molecule has 0 saturated heterocycles. The van der Waals surface area contributed by atoms with E-state index in [1.54, 1.807) is 0 Å². The highest BCUT2D eigenvalue weighted by Gasteiger charge is 2.16. The highest BCUT2D eigenvalue weighted by Crippen LogP contribution is 2.20. The Hall–Kier alpha value is -0.120. The standard InChI is InChI=1S/C14H29NO2/c1-3-12(4-2)9-15-10-13(16)11-17-14-7-5-6-8-14/h12-16H,3-11H2,1-2H3. The molecule has 0 amide bonds. The second-order valence-corrected chi connectivity index (χ2v) is 5.23. The SMILES string of the molecule is CCC(CC)CNCC(O)COC1CCCC1. The Balaban J connectivity index is 1.98. The van der Waals surface area contributed by atoms with Crippen LogP contribution in [0, 0.1) is 5.92 Å². The predicted octanol–water partition coefficient (Wildman–Crippen LogP) is 2.33. The largest absolute Gasteiger partial charge is 0.389 e. The second-order valence-electron chi connectivity index (χ2n) is 5.23. The molecule has 0 aromatic rings. The average molecular weight is 243 g/mol. The molecule has 1 aliphatic rings.